The molecule has 0 atom stereocenters. The van der Waals surface area contributed by atoms with E-state index in [0.717, 1.165) is 30.4 Å². The lowest BCUT2D eigenvalue weighted by atomic mass is 9.87. The van der Waals surface area contributed by atoms with E-state index in [1.165, 1.54) is 55.6 Å². The van der Waals surface area contributed by atoms with Gasteiger partial charge in [0.15, 0.2) is 5.67 Å². The number of alkyl halides is 1. The molecule has 1 aromatic heterocycles. The summed E-state index contributed by atoms with van der Waals surface area (Å²) >= 11 is 1.64. The second-order valence-corrected chi connectivity index (χ2v) is 8.26. The van der Waals surface area contributed by atoms with Gasteiger partial charge in [-0.25, -0.2) is 9.37 Å². The van der Waals surface area contributed by atoms with Crippen molar-refractivity contribution in [3.05, 3.63) is 15.6 Å². The second-order valence-electron chi connectivity index (χ2n) is 7.17. The molecule has 0 aromatic carbocycles. The van der Waals surface area contributed by atoms with Crippen molar-refractivity contribution >= 4 is 11.3 Å². The van der Waals surface area contributed by atoms with Crippen molar-refractivity contribution in [1.82, 2.24) is 9.88 Å². The Morgan fingerprint density at radius 2 is 2.05 bits per heavy atom. The maximum absolute atomic E-state index is 14.1. The molecule has 1 aliphatic heterocycles. The quantitative estimate of drug-likeness (QED) is 0.818. The van der Waals surface area contributed by atoms with E-state index in [9.17, 15) is 4.39 Å². The van der Waals surface area contributed by atoms with E-state index in [1.54, 1.807) is 11.3 Å². The highest BCUT2D eigenvalue weighted by Gasteiger charge is 2.48. The summed E-state index contributed by atoms with van der Waals surface area (Å²) in [5.74, 6) is 0.951. The largest absolute Gasteiger partial charge is 0.297 e. The van der Waals surface area contributed by atoms with Gasteiger partial charge in [-0.3, -0.25) is 4.90 Å². The molecule has 0 bridgehead atoms. The lowest BCUT2D eigenvalue weighted by Gasteiger charge is -2.29. The summed E-state index contributed by atoms with van der Waals surface area (Å²) in [5, 5.41) is 0.765. The van der Waals surface area contributed by atoms with Gasteiger partial charge in [0.05, 0.1) is 5.69 Å². The van der Waals surface area contributed by atoms with Gasteiger partial charge in [-0.2, -0.15) is 0 Å². The monoisotopic (exact) mass is 308 g/mol. The first-order chi connectivity index (χ1) is 10.2. The van der Waals surface area contributed by atoms with Crippen LogP contribution in [0, 0.1) is 5.92 Å². The van der Waals surface area contributed by atoms with Gasteiger partial charge in [-0.15, -0.1) is 11.3 Å². The third-order valence-corrected chi connectivity index (χ3v) is 6.79. The molecule has 2 saturated carbocycles. The minimum absolute atomic E-state index is 0.685. The van der Waals surface area contributed by atoms with E-state index < -0.39 is 5.67 Å². The van der Waals surface area contributed by atoms with E-state index in [-0.39, 0.29) is 0 Å². The van der Waals surface area contributed by atoms with Gasteiger partial charge >= 0.3 is 0 Å². The molecule has 3 aliphatic rings. The van der Waals surface area contributed by atoms with Crippen LogP contribution in [0.4, 0.5) is 4.39 Å². The molecule has 0 radical (unpaired) electrons. The van der Waals surface area contributed by atoms with Gasteiger partial charge in [0.1, 0.15) is 5.01 Å². The smallest absolute Gasteiger partial charge is 0.162 e. The van der Waals surface area contributed by atoms with Crippen molar-refractivity contribution in [3.63, 3.8) is 0 Å². The zero-order valence-corrected chi connectivity index (χ0v) is 13.6. The predicted octanol–water partition coefficient (Wildman–Crippen LogP) is 4.43. The molecule has 4 rings (SSSR count). The van der Waals surface area contributed by atoms with E-state index in [1.807, 2.05) is 0 Å². The van der Waals surface area contributed by atoms with Crippen molar-refractivity contribution in [3.8, 4) is 0 Å². The molecule has 2 aliphatic carbocycles. The summed E-state index contributed by atoms with van der Waals surface area (Å²) in [4.78, 5) is 8.52. The van der Waals surface area contributed by atoms with Crippen LogP contribution in [-0.2, 0) is 18.6 Å². The molecular formula is C17H25FN2S. The Kier molecular flexibility index (Phi) is 3.78. The summed E-state index contributed by atoms with van der Waals surface area (Å²) in [6.07, 6.45) is 11.0. The summed E-state index contributed by atoms with van der Waals surface area (Å²) in [5.41, 5.74) is 0.128. The Bertz CT molecular complexity index is 503. The molecule has 0 N–H and O–H groups in total. The first-order valence-corrected chi connectivity index (χ1v) is 9.45. The highest BCUT2D eigenvalue weighted by molar-refractivity contribution is 7.12. The van der Waals surface area contributed by atoms with Crippen molar-refractivity contribution < 1.29 is 4.39 Å². The second kappa shape index (κ2) is 5.62. The molecule has 4 heteroatoms. The number of hydrogen-bond donors (Lipinski definition) is 0. The molecule has 2 heterocycles. The average molecular weight is 308 g/mol. The molecule has 0 unspecified atom stereocenters. The van der Waals surface area contributed by atoms with Gasteiger partial charge in [-0.05, 0) is 38.1 Å². The minimum Gasteiger partial charge on any atom is -0.297 e. The molecule has 116 valence electrons. The molecule has 21 heavy (non-hydrogen) atoms. The van der Waals surface area contributed by atoms with E-state index in [0.29, 0.717) is 12.8 Å². The molecule has 0 amide bonds. The standard InChI is InChI=1S/C17H25FN2S/c18-17(8-9-17)16-19-14-12-20(11-7-15(14)21-16)10-6-13-4-2-1-3-5-13/h13H,1-12H2. The van der Waals surface area contributed by atoms with Crippen LogP contribution in [0.15, 0.2) is 0 Å². The van der Waals surface area contributed by atoms with Crippen LogP contribution in [-0.4, -0.2) is 23.0 Å². The fourth-order valence-corrected chi connectivity index (χ4v) is 5.00. The van der Waals surface area contributed by atoms with Gasteiger partial charge < -0.3 is 0 Å². The molecular weight excluding hydrogens is 283 g/mol. The normalized spacial score (nSPS) is 25.8. The summed E-state index contributed by atoms with van der Waals surface area (Å²) in [6, 6.07) is 0. The summed E-state index contributed by atoms with van der Waals surface area (Å²) in [6.45, 7) is 3.30. The third-order valence-electron chi connectivity index (χ3n) is 5.46. The Morgan fingerprint density at radius 3 is 2.81 bits per heavy atom. The number of fused-ring (bicyclic) bond motifs is 1. The van der Waals surface area contributed by atoms with Crippen LogP contribution in [0.25, 0.3) is 0 Å². The highest BCUT2D eigenvalue weighted by Crippen LogP contribution is 2.51. The SMILES string of the molecule is FC1(c2nc3c(s2)CCN(CCC2CCCCC2)C3)CC1. The van der Waals surface area contributed by atoms with Crippen LogP contribution in [0.5, 0.6) is 0 Å². The number of aromatic nitrogens is 1. The number of thiazole rings is 1. The van der Waals surface area contributed by atoms with Crippen LogP contribution < -0.4 is 0 Å². The van der Waals surface area contributed by atoms with Crippen LogP contribution in [0.3, 0.4) is 0 Å². The average Bonchev–Trinajstić information content (AvgIpc) is 3.12. The zero-order valence-electron chi connectivity index (χ0n) is 12.7. The predicted molar refractivity (Wildman–Crippen MR) is 84.3 cm³/mol. The van der Waals surface area contributed by atoms with Gasteiger partial charge in [-0.1, -0.05) is 32.1 Å². The van der Waals surface area contributed by atoms with Crippen LogP contribution >= 0.6 is 11.3 Å². The zero-order chi connectivity index (χ0) is 14.3. The Balaban J connectivity index is 1.34. The molecule has 0 spiro atoms. The lowest BCUT2D eigenvalue weighted by Crippen LogP contribution is -2.32. The fourth-order valence-electron chi connectivity index (χ4n) is 3.80. The number of hydrogen-bond acceptors (Lipinski definition) is 3. The van der Waals surface area contributed by atoms with E-state index in [2.05, 4.69) is 9.88 Å². The summed E-state index contributed by atoms with van der Waals surface area (Å²) < 4.78 is 14.1. The first-order valence-electron chi connectivity index (χ1n) is 8.63. The number of rotatable bonds is 4. The van der Waals surface area contributed by atoms with Crippen molar-refractivity contribution in [1.29, 1.82) is 0 Å². The van der Waals surface area contributed by atoms with Gasteiger partial charge in [0.25, 0.3) is 0 Å². The molecule has 1 aromatic rings. The Hall–Kier alpha value is -0.480. The lowest BCUT2D eigenvalue weighted by molar-refractivity contribution is 0.215. The summed E-state index contributed by atoms with van der Waals surface area (Å²) in [7, 11) is 0. The number of nitrogens with zero attached hydrogens (tertiary/aromatic N) is 2. The van der Waals surface area contributed by atoms with Gasteiger partial charge in [0.2, 0.25) is 0 Å². The highest BCUT2D eigenvalue weighted by atomic mass is 32.1. The molecule has 0 saturated heterocycles. The maximum Gasteiger partial charge on any atom is 0.162 e. The van der Waals surface area contributed by atoms with Crippen LogP contribution in [0.1, 0.15) is 66.9 Å². The van der Waals surface area contributed by atoms with E-state index >= 15 is 0 Å². The maximum atomic E-state index is 14.1. The third kappa shape index (κ3) is 3.02. The van der Waals surface area contributed by atoms with Crippen LogP contribution in [0.2, 0.25) is 0 Å². The Labute approximate surface area is 130 Å². The van der Waals surface area contributed by atoms with Crippen molar-refractivity contribution in [2.75, 3.05) is 13.1 Å². The minimum atomic E-state index is -1.05. The Morgan fingerprint density at radius 1 is 1.24 bits per heavy atom. The van der Waals surface area contributed by atoms with E-state index in [4.69, 9.17) is 0 Å². The molecule has 2 fully saturated rings. The number of halogens is 1. The van der Waals surface area contributed by atoms with Crippen molar-refractivity contribution in [2.45, 2.75) is 70.0 Å². The molecule has 2 nitrogen and oxygen atoms in total. The topological polar surface area (TPSA) is 16.1 Å². The fraction of sp³-hybridized carbons (Fsp3) is 0.824. The first kappa shape index (κ1) is 14.1. The van der Waals surface area contributed by atoms with Crippen molar-refractivity contribution in [2.24, 2.45) is 5.92 Å². The van der Waals surface area contributed by atoms with Gasteiger partial charge in [0, 0.05) is 18.0 Å².